The van der Waals surface area contributed by atoms with Gasteiger partial charge in [0.25, 0.3) is 11.6 Å². The number of aromatic hydroxyl groups is 1. The summed E-state index contributed by atoms with van der Waals surface area (Å²) in [7, 11) is 0. The van der Waals surface area contributed by atoms with E-state index in [1.807, 2.05) is 0 Å². The van der Waals surface area contributed by atoms with Crippen LogP contribution in [0.15, 0.2) is 36.4 Å². The van der Waals surface area contributed by atoms with Gasteiger partial charge in [0.05, 0.1) is 15.0 Å². The number of nitro groups is 1. The molecule has 6 nitrogen and oxygen atoms in total. The number of halogens is 2. The molecule has 2 aromatic rings. The van der Waals surface area contributed by atoms with E-state index >= 15 is 0 Å². The van der Waals surface area contributed by atoms with Crippen molar-refractivity contribution in [2.45, 2.75) is 0 Å². The van der Waals surface area contributed by atoms with Crippen LogP contribution in [0.3, 0.4) is 0 Å². The lowest BCUT2D eigenvalue weighted by Crippen LogP contribution is -2.14. The Bertz CT molecular complexity index is 734. The van der Waals surface area contributed by atoms with Crippen molar-refractivity contribution in [1.29, 1.82) is 0 Å². The first-order chi connectivity index (χ1) is 9.90. The van der Waals surface area contributed by atoms with Gasteiger partial charge in [-0.05, 0) is 18.2 Å². The Labute approximate surface area is 129 Å². The van der Waals surface area contributed by atoms with Crippen LogP contribution in [-0.2, 0) is 0 Å². The van der Waals surface area contributed by atoms with Crippen molar-refractivity contribution < 1.29 is 14.8 Å². The number of amides is 1. The largest absolute Gasteiger partial charge is 0.506 e. The van der Waals surface area contributed by atoms with Crippen molar-refractivity contribution in [1.82, 2.24) is 0 Å². The third-order valence-electron chi connectivity index (χ3n) is 2.62. The fraction of sp³-hybridized carbons (Fsp3) is 0. The van der Waals surface area contributed by atoms with Crippen molar-refractivity contribution in [3.05, 3.63) is 62.1 Å². The van der Waals surface area contributed by atoms with Gasteiger partial charge in [0.15, 0.2) is 0 Å². The molecule has 0 saturated heterocycles. The van der Waals surface area contributed by atoms with Crippen LogP contribution in [0.2, 0.25) is 10.0 Å². The van der Waals surface area contributed by atoms with Gasteiger partial charge < -0.3 is 10.4 Å². The van der Waals surface area contributed by atoms with E-state index in [4.69, 9.17) is 23.2 Å². The number of rotatable bonds is 3. The molecule has 8 heteroatoms. The summed E-state index contributed by atoms with van der Waals surface area (Å²) < 4.78 is 0. The number of carbonyl (C=O) groups excluding carboxylic acids is 1. The number of phenolic OH excluding ortho intramolecular Hbond substituents is 1. The second-order valence-corrected chi connectivity index (χ2v) is 4.83. The first kappa shape index (κ1) is 15.1. The van der Waals surface area contributed by atoms with Gasteiger partial charge in [-0.3, -0.25) is 14.9 Å². The predicted molar refractivity (Wildman–Crippen MR) is 79.2 cm³/mol. The van der Waals surface area contributed by atoms with E-state index in [1.54, 1.807) is 0 Å². The summed E-state index contributed by atoms with van der Waals surface area (Å²) >= 11 is 11.5. The Hall–Kier alpha value is -2.31. The van der Waals surface area contributed by atoms with Crippen molar-refractivity contribution in [3.63, 3.8) is 0 Å². The molecule has 2 N–H and O–H groups in total. The third kappa shape index (κ3) is 3.24. The zero-order valence-electron chi connectivity index (χ0n) is 10.3. The lowest BCUT2D eigenvalue weighted by Gasteiger charge is -2.08. The number of carbonyl (C=O) groups is 1. The normalized spacial score (nSPS) is 10.2. The van der Waals surface area contributed by atoms with E-state index < -0.39 is 16.5 Å². The number of hydrogen-bond donors (Lipinski definition) is 2. The molecule has 21 heavy (non-hydrogen) atoms. The van der Waals surface area contributed by atoms with Gasteiger partial charge >= 0.3 is 0 Å². The molecule has 0 fully saturated rings. The summed E-state index contributed by atoms with van der Waals surface area (Å²) in [6.45, 7) is 0. The molecule has 0 unspecified atom stereocenters. The SMILES string of the molecule is O=C(Nc1ccc(Cl)c(O)c1)c1c(Cl)cccc1[N+](=O)[O-]. The highest BCUT2D eigenvalue weighted by Crippen LogP contribution is 2.29. The van der Waals surface area contributed by atoms with E-state index in [0.29, 0.717) is 0 Å². The van der Waals surface area contributed by atoms with Crippen LogP contribution in [0.25, 0.3) is 0 Å². The minimum Gasteiger partial charge on any atom is -0.506 e. The number of anilines is 1. The van der Waals surface area contributed by atoms with Crippen LogP contribution in [0.5, 0.6) is 5.75 Å². The average molecular weight is 327 g/mol. The average Bonchev–Trinajstić information content (AvgIpc) is 2.42. The van der Waals surface area contributed by atoms with Crippen molar-refractivity contribution in [2.24, 2.45) is 0 Å². The Morgan fingerprint density at radius 1 is 1.19 bits per heavy atom. The van der Waals surface area contributed by atoms with Crippen LogP contribution in [0, 0.1) is 10.1 Å². The minimum absolute atomic E-state index is 0.0418. The molecule has 0 radical (unpaired) electrons. The Morgan fingerprint density at radius 2 is 1.90 bits per heavy atom. The predicted octanol–water partition coefficient (Wildman–Crippen LogP) is 3.86. The van der Waals surface area contributed by atoms with E-state index in [2.05, 4.69) is 5.32 Å². The molecule has 0 bridgehead atoms. The standard InChI is InChI=1S/C13H8Cl2N2O4/c14-8-5-4-7(6-11(8)18)16-13(19)12-9(15)2-1-3-10(12)17(20)21/h1-6,18H,(H,16,19). The fourth-order valence-electron chi connectivity index (χ4n) is 1.67. The summed E-state index contributed by atoms with van der Waals surface area (Å²) in [5, 5.41) is 22.9. The van der Waals surface area contributed by atoms with Gasteiger partial charge in [-0.1, -0.05) is 29.3 Å². The van der Waals surface area contributed by atoms with Gasteiger partial charge in [-0.25, -0.2) is 0 Å². The quantitative estimate of drug-likeness (QED) is 0.661. The van der Waals surface area contributed by atoms with E-state index in [9.17, 15) is 20.0 Å². The molecule has 2 aromatic carbocycles. The Balaban J connectivity index is 2.36. The number of benzene rings is 2. The second-order valence-electron chi connectivity index (χ2n) is 4.01. The summed E-state index contributed by atoms with van der Waals surface area (Å²) in [6.07, 6.45) is 0. The third-order valence-corrected chi connectivity index (χ3v) is 3.25. The molecule has 0 saturated carbocycles. The monoisotopic (exact) mass is 326 g/mol. The Kier molecular flexibility index (Phi) is 4.30. The maximum absolute atomic E-state index is 12.1. The highest BCUT2D eigenvalue weighted by Gasteiger charge is 2.23. The highest BCUT2D eigenvalue weighted by molar-refractivity contribution is 6.35. The molecule has 2 rings (SSSR count). The van der Waals surface area contributed by atoms with Gasteiger partial charge in [-0.2, -0.15) is 0 Å². The number of phenols is 1. The van der Waals surface area contributed by atoms with Crippen molar-refractivity contribution >= 4 is 40.5 Å². The number of nitrogens with one attached hydrogen (secondary N) is 1. The topological polar surface area (TPSA) is 92.5 Å². The molecular formula is C13H8Cl2N2O4. The molecule has 108 valence electrons. The maximum atomic E-state index is 12.1. The molecule has 0 spiro atoms. The minimum atomic E-state index is -0.756. The molecule has 0 aromatic heterocycles. The first-order valence-electron chi connectivity index (χ1n) is 5.63. The van der Waals surface area contributed by atoms with Gasteiger partial charge in [-0.15, -0.1) is 0 Å². The van der Waals surface area contributed by atoms with Gasteiger partial charge in [0, 0.05) is 17.8 Å². The number of hydrogen-bond acceptors (Lipinski definition) is 4. The van der Waals surface area contributed by atoms with Crippen molar-refractivity contribution in [2.75, 3.05) is 5.32 Å². The number of nitro benzene ring substituents is 1. The van der Waals surface area contributed by atoms with E-state index in [-0.39, 0.29) is 27.0 Å². The van der Waals surface area contributed by atoms with E-state index in [1.165, 1.54) is 36.4 Å². The molecule has 0 atom stereocenters. The molecule has 0 aliphatic rings. The lowest BCUT2D eigenvalue weighted by atomic mass is 10.1. The molecule has 0 heterocycles. The van der Waals surface area contributed by atoms with Crippen molar-refractivity contribution in [3.8, 4) is 5.75 Å². The maximum Gasteiger partial charge on any atom is 0.283 e. The van der Waals surface area contributed by atoms with Crippen LogP contribution in [-0.4, -0.2) is 15.9 Å². The summed E-state index contributed by atoms with van der Waals surface area (Å²) in [6, 6.07) is 7.99. The number of nitrogens with zero attached hydrogens (tertiary/aromatic N) is 1. The smallest absolute Gasteiger partial charge is 0.283 e. The first-order valence-corrected chi connectivity index (χ1v) is 6.38. The summed E-state index contributed by atoms with van der Waals surface area (Å²) in [5.74, 6) is -0.975. The van der Waals surface area contributed by atoms with Crippen LogP contribution < -0.4 is 5.32 Å². The summed E-state index contributed by atoms with van der Waals surface area (Å²) in [4.78, 5) is 22.4. The second kappa shape index (κ2) is 5.99. The lowest BCUT2D eigenvalue weighted by molar-refractivity contribution is -0.385. The molecule has 0 aliphatic heterocycles. The summed E-state index contributed by atoms with van der Waals surface area (Å²) in [5.41, 5.74) is -0.423. The zero-order chi connectivity index (χ0) is 15.6. The molecular weight excluding hydrogens is 319 g/mol. The van der Waals surface area contributed by atoms with Crippen LogP contribution in [0.1, 0.15) is 10.4 Å². The fourth-order valence-corrected chi connectivity index (χ4v) is 2.05. The van der Waals surface area contributed by atoms with Gasteiger partial charge in [0.2, 0.25) is 0 Å². The molecule has 0 aliphatic carbocycles. The van der Waals surface area contributed by atoms with Crippen LogP contribution in [0.4, 0.5) is 11.4 Å². The highest BCUT2D eigenvalue weighted by atomic mass is 35.5. The zero-order valence-corrected chi connectivity index (χ0v) is 11.9. The Morgan fingerprint density at radius 3 is 2.52 bits per heavy atom. The molecule has 1 amide bonds. The van der Waals surface area contributed by atoms with E-state index in [0.717, 1.165) is 0 Å². The van der Waals surface area contributed by atoms with Gasteiger partial charge in [0.1, 0.15) is 11.3 Å². The van der Waals surface area contributed by atoms with Crippen LogP contribution >= 0.6 is 23.2 Å².